The number of nitrogens with zero attached hydrogens (tertiary/aromatic N) is 2. The maximum Gasteiger partial charge on any atom is 0.355 e. The van der Waals surface area contributed by atoms with Crippen molar-refractivity contribution in [2.24, 2.45) is 10.7 Å². The Hall–Kier alpha value is -3.72. The van der Waals surface area contributed by atoms with Crippen LogP contribution in [0.1, 0.15) is 44.0 Å². The molecule has 33 heavy (non-hydrogen) atoms. The highest BCUT2D eigenvalue weighted by atomic mass is 16.6. The van der Waals surface area contributed by atoms with Crippen molar-refractivity contribution in [2.75, 3.05) is 0 Å². The molecular formula is C24H25N3O6. The van der Waals surface area contributed by atoms with Gasteiger partial charge in [-0.1, -0.05) is 13.5 Å². The summed E-state index contributed by atoms with van der Waals surface area (Å²) in [7, 11) is 0. The van der Waals surface area contributed by atoms with Crippen molar-refractivity contribution >= 4 is 23.3 Å². The number of rotatable bonds is 4. The normalized spacial score (nSPS) is 23.8. The molecule has 0 saturated heterocycles. The van der Waals surface area contributed by atoms with Gasteiger partial charge in [0.25, 0.3) is 5.56 Å². The van der Waals surface area contributed by atoms with Crippen LogP contribution in [0, 0.1) is 0 Å². The molecule has 3 heterocycles. The van der Waals surface area contributed by atoms with Gasteiger partial charge in [-0.15, -0.1) is 0 Å². The molecule has 0 aromatic carbocycles. The highest BCUT2D eigenvalue weighted by Crippen LogP contribution is 2.40. The zero-order valence-corrected chi connectivity index (χ0v) is 18.7. The lowest BCUT2D eigenvalue weighted by atomic mass is 9.85. The Kier molecular flexibility index (Phi) is 5.45. The van der Waals surface area contributed by atoms with E-state index in [0.717, 1.165) is 5.57 Å². The molecule has 0 radical (unpaired) electrons. The first-order valence-electron chi connectivity index (χ1n) is 10.6. The van der Waals surface area contributed by atoms with Gasteiger partial charge >= 0.3 is 11.9 Å². The topological polar surface area (TPSA) is 133 Å². The second kappa shape index (κ2) is 8.00. The van der Waals surface area contributed by atoms with E-state index < -0.39 is 23.6 Å². The lowest BCUT2D eigenvalue weighted by Gasteiger charge is -2.36. The van der Waals surface area contributed by atoms with Gasteiger partial charge in [-0.2, -0.15) is 0 Å². The molecule has 1 aliphatic carbocycles. The summed E-state index contributed by atoms with van der Waals surface area (Å²) >= 11 is 0. The minimum Gasteiger partial charge on any atom is -0.508 e. The van der Waals surface area contributed by atoms with E-state index in [0.29, 0.717) is 29.2 Å². The summed E-state index contributed by atoms with van der Waals surface area (Å²) in [6, 6.07) is 0.716. The van der Waals surface area contributed by atoms with E-state index in [4.69, 9.17) is 20.2 Å². The minimum absolute atomic E-state index is 0.0658. The van der Waals surface area contributed by atoms with Crippen molar-refractivity contribution in [3.63, 3.8) is 0 Å². The van der Waals surface area contributed by atoms with Crippen LogP contribution in [0.3, 0.4) is 0 Å². The largest absolute Gasteiger partial charge is 0.508 e. The van der Waals surface area contributed by atoms with Crippen molar-refractivity contribution in [3.05, 3.63) is 75.0 Å². The van der Waals surface area contributed by atoms with Crippen LogP contribution >= 0.6 is 0 Å². The molecular weight excluding hydrogens is 426 g/mol. The van der Waals surface area contributed by atoms with Gasteiger partial charge in [-0.3, -0.25) is 9.59 Å². The van der Waals surface area contributed by atoms with E-state index in [1.54, 1.807) is 23.6 Å². The first-order valence-corrected chi connectivity index (χ1v) is 10.6. The van der Waals surface area contributed by atoms with E-state index in [1.165, 1.54) is 19.1 Å². The zero-order valence-electron chi connectivity index (χ0n) is 18.7. The molecule has 0 amide bonds. The van der Waals surface area contributed by atoms with Gasteiger partial charge in [0.2, 0.25) is 5.60 Å². The number of pyridine rings is 1. The first kappa shape index (κ1) is 22.5. The molecule has 0 spiro atoms. The number of fused-ring (bicyclic) bond motifs is 2. The van der Waals surface area contributed by atoms with E-state index in [1.807, 2.05) is 6.92 Å². The number of cyclic esters (lactones) is 1. The van der Waals surface area contributed by atoms with Crippen LogP contribution in [0.15, 0.2) is 57.6 Å². The van der Waals surface area contributed by atoms with Crippen LogP contribution in [0.25, 0.3) is 5.70 Å². The maximum atomic E-state index is 13.4. The van der Waals surface area contributed by atoms with Gasteiger partial charge < -0.3 is 24.9 Å². The van der Waals surface area contributed by atoms with Gasteiger partial charge in [-0.25, -0.2) is 9.79 Å². The third-order valence-corrected chi connectivity index (χ3v) is 5.99. The zero-order chi connectivity index (χ0) is 24.1. The summed E-state index contributed by atoms with van der Waals surface area (Å²) in [6.45, 7) is 9.01. The number of aliphatic imine (C=N–C) groups is 1. The van der Waals surface area contributed by atoms with Crippen molar-refractivity contribution in [1.29, 1.82) is 0 Å². The van der Waals surface area contributed by atoms with Crippen LogP contribution in [-0.2, 0) is 37.8 Å². The quantitative estimate of drug-likeness (QED) is 0.670. The number of aliphatic hydroxyl groups is 1. The molecule has 3 aliphatic rings. The Morgan fingerprint density at radius 1 is 1.42 bits per heavy atom. The average molecular weight is 451 g/mol. The lowest BCUT2D eigenvalue weighted by molar-refractivity contribution is -0.190. The molecule has 3 N–H and O–H groups in total. The molecule has 9 heteroatoms. The second-order valence-corrected chi connectivity index (χ2v) is 8.33. The molecule has 4 rings (SSSR count). The molecule has 0 bridgehead atoms. The van der Waals surface area contributed by atoms with Crippen LogP contribution in [0.2, 0.25) is 0 Å². The summed E-state index contributed by atoms with van der Waals surface area (Å²) in [4.78, 5) is 43.3. The molecule has 1 unspecified atom stereocenters. The Bertz CT molecular complexity index is 1280. The first-order chi connectivity index (χ1) is 15.6. The summed E-state index contributed by atoms with van der Waals surface area (Å²) in [5.74, 6) is -1.44. The third kappa shape index (κ3) is 3.54. The number of aromatic nitrogens is 1. The number of hydrogen-bond donors (Lipinski definition) is 2. The summed E-state index contributed by atoms with van der Waals surface area (Å²) < 4.78 is 12.4. The van der Waals surface area contributed by atoms with E-state index >= 15 is 0 Å². The molecule has 2 atom stereocenters. The monoisotopic (exact) mass is 451 g/mol. The predicted molar refractivity (Wildman–Crippen MR) is 121 cm³/mol. The predicted octanol–water partition coefficient (Wildman–Crippen LogP) is 2.15. The fourth-order valence-corrected chi connectivity index (χ4v) is 4.16. The number of carbonyl (C=O) groups excluding carboxylic acids is 2. The van der Waals surface area contributed by atoms with Crippen molar-refractivity contribution in [3.8, 4) is 0 Å². The van der Waals surface area contributed by atoms with E-state index in [9.17, 15) is 19.5 Å². The van der Waals surface area contributed by atoms with Gasteiger partial charge in [0, 0.05) is 12.1 Å². The molecule has 1 aromatic rings. The number of carbonyl (C=O) groups is 2. The fraction of sp³-hybridized carbons (Fsp3) is 0.333. The summed E-state index contributed by atoms with van der Waals surface area (Å²) in [5, 5.41) is 9.66. The van der Waals surface area contributed by atoms with Crippen LogP contribution in [0.5, 0.6) is 0 Å². The summed E-state index contributed by atoms with van der Waals surface area (Å²) in [6.07, 6.45) is 4.70. The number of nitrogens with two attached hydrogens (primary N) is 1. The van der Waals surface area contributed by atoms with Crippen LogP contribution < -0.4 is 11.3 Å². The van der Waals surface area contributed by atoms with Crippen LogP contribution in [-0.4, -0.2) is 33.4 Å². The summed E-state index contributed by atoms with van der Waals surface area (Å²) in [5.41, 5.74) is 7.03. The Balaban J connectivity index is 1.89. The molecule has 2 aliphatic heterocycles. The smallest absolute Gasteiger partial charge is 0.355 e. The number of aliphatic hydroxyl groups excluding tert-OH is 1. The Labute approximate surface area is 190 Å². The molecule has 0 fully saturated rings. The van der Waals surface area contributed by atoms with Crippen molar-refractivity contribution < 1.29 is 24.2 Å². The fourth-order valence-electron chi connectivity index (χ4n) is 4.16. The molecule has 172 valence electrons. The molecule has 0 saturated carbocycles. The van der Waals surface area contributed by atoms with Crippen LogP contribution in [0.4, 0.5) is 0 Å². The second-order valence-electron chi connectivity index (χ2n) is 8.33. The molecule has 1 aromatic heterocycles. The van der Waals surface area contributed by atoms with Gasteiger partial charge in [0.05, 0.1) is 22.7 Å². The highest BCUT2D eigenvalue weighted by Gasteiger charge is 2.50. The van der Waals surface area contributed by atoms with E-state index in [-0.39, 0.29) is 35.5 Å². The standard InChI is InChI=1S/C24H25N3O6/c1-5-24(33-22(30)14(4)25)17-9-19-20(26-18-7-6-15(28)8-12(18)2)13(3)10-27(19)21(29)16(17)11-32-23(24)31/h6-9,14,28H,2,5,10-11,25H2,1,3-4H3/t14?,24-/m0/s1. The van der Waals surface area contributed by atoms with Gasteiger partial charge in [0.1, 0.15) is 18.4 Å². The lowest BCUT2D eigenvalue weighted by Crippen LogP contribution is -2.49. The van der Waals surface area contributed by atoms with E-state index in [2.05, 4.69) is 6.58 Å². The Morgan fingerprint density at radius 2 is 2.15 bits per heavy atom. The number of ether oxygens (including phenoxy) is 2. The minimum atomic E-state index is -1.77. The Morgan fingerprint density at radius 3 is 2.79 bits per heavy atom. The molecule has 9 nitrogen and oxygen atoms in total. The third-order valence-electron chi connectivity index (χ3n) is 5.99. The number of hydrogen-bond acceptors (Lipinski definition) is 8. The maximum absolute atomic E-state index is 13.4. The van der Waals surface area contributed by atoms with Crippen molar-refractivity contribution in [2.45, 2.75) is 52.0 Å². The van der Waals surface area contributed by atoms with Gasteiger partial charge in [0.15, 0.2) is 0 Å². The highest BCUT2D eigenvalue weighted by molar-refractivity contribution is 6.13. The number of esters is 2. The van der Waals surface area contributed by atoms with Crippen molar-refractivity contribution in [1.82, 2.24) is 4.57 Å². The number of allylic oxidation sites excluding steroid dienone is 5. The van der Waals surface area contributed by atoms with Gasteiger partial charge in [-0.05, 0) is 55.7 Å². The average Bonchev–Trinajstić information content (AvgIpc) is 3.07. The SMILES string of the molecule is C=C1C=C(O)C=CC1=NC1=C(C)Cn2c1cc1c(c2=O)COC(=O)[C@@]1(CC)OC(=O)C(C)N.